The van der Waals surface area contributed by atoms with Crippen molar-refractivity contribution in [2.75, 3.05) is 20.8 Å². The van der Waals surface area contributed by atoms with Crippen molar-refractivity contribution in [2.24, 2.45) is 0 Å². The number of sulfonamides is 1. The largest absolute Gasteiger partial charge is 0.452 e. The number of hydrogen-bond donors (Lipinski definition) is 1. The van der Waals surface area contributed by atoms with E-state index in [9.17, 15) is 18.0 Å². The minimum absolute atomic E-state index is 0.0390. The van der Waals surface area contributed by atoms with Gasteiger partial charge in [0.2, 0.25) is 0 Å². The minimum atomic E-state index is -3.80. The van der Waals surface area contributed by atoms with Crippen LogP contribution in [-0.2, 0) is 24.4 Å². The molecule has 0 fully saturated rings. The molecule has 1 N–H and O–H groups in total. The fourth-order valence-corrected chi connectivity index (χ4v) is 3.31. The van der Waals surface area contributed by atoms with E-state index in [0.717, 1.165) is 5.56 Å². The Morgan fingerprint density at radius 2 is 1.68 bits per heavy atom. The summed E-state index contributed by atoms with van der Waals surface area (Å²) in [4.78, 5) is 28.7. The van der Waals surface area contributed by atoms with Crippen LogP contribution < -0.4 is 5.32 Å². The molecule has 1 atom stereocenters. The summed E-state index contributed by atoms with van der Waals surface area (Å²) in [5, 5.41) is 2.74. The number of esters is 1. The summed E-state index contributed by atoms with van der Waals surface area (Å²) in [7, 11) is -1.32. The zero-order chi connectivity index (χ0) is 20.7. The van der Waals surface area contributed by atoms with Gasteiger partial charge in [0.25, 0.3) is 15.9 Å². The molecule has 2 aromatic carbocycles. The van der Waals surface area contributed by atoms with E-state index in [2.05, 4.69) is 10.2 Å². The van der Waals surface area contributed by atoms with E-state index in [1.807, 2.05) is 37.3 Å². The normalized spacial score (nSPS) is 12.4. The molecule has 0 radical (unpaired) electrons. The lowest BCUT2D eigenvalue weighted by Gasteiger charge is -2.15. The van der Waals surface area contributed by atoms with Crippen LogP contribution in [0.15, 0.2) is 59.5 Å². The van der Waals surface area contributed by atoms with Gasteiger partial charge in [0.05, 0.1) is 23.6 Å². The molecule has 0 bridgehead atoms. The average molecular weight is 406 g/mol. The highest BCUT2D eigenvalue weighted by Crippen LogP contribution is 2.16. The predicted molar refractivity (Wildman–Crippen MR) is 102 cm³/mol. The third-order valence-corrected chi connectivity index (χ3v) is 5.69. The van der Waals surface area contributed by atoms with Gasteiger partial charge >= 0.3 is 5.97 Å². The molecule has 2 rings (SSSR count). The molecule has 0 saturated heterocycles. The maximum absolute atomic E-state index is 12.1. The Labute approximate surface area is 164 Å². The predicted octanol–water partition coefficient (Wildman–Crippen LogP) is 1.90. The second-order valence-electron chi connectivity index (χ2n) is 5.90. The number of carbonyl (C=O) groups is 2. The van der Waals surface area contributed by atoms with Crippen LogP contribution in [0.5, 0.6) is 0 Å². The number of nitrogens with one attached hydrogen (secondary N) is 1. The molecule has 0 aliphatic carbocycles. The fraction of sp³-hybridized carbons (Fsp3) is 0.263. The molecule has 28 heavy (non-hydrogen) atoms. The number of nitrogens with zero attached hydrogens (tertiary/aromatic N) is 1. The molecule has 9 heteroatoms. The maximum Gasteiger partial charge on any atom is 0.338 e. The van der Waals surface area contributed by atoms with Gasteiger partial charge in [-0.3, -0.25) is 9.63 Å². The Morgan fingerprint density at radius 1 is 1.07 bits per heavy atom. The van der Waals surface area contributed by atoms with Gasteiger partial charge in [-0.05, 0) is 36.8 Å². The first-order chi connectivity index (χ1) is 13.3. The first-order valence-electron chi connectivity index (χ1n) is 8.40. The van der Waals surface area contributed by atoms with Gasteiger partial charge in [-0.1, -0.05) is 34.8 Å². The summed E-state index contributed by atoms with van der Waals surface area (Å²) >= 11 is 0. The lowest BCUT2D eigenvalue weighted by molar-refractivity contribution is -0.124. The molecule has 0 spiro atoms. The summed E-state index contributed by atoms with van der Waals surface area (Å²) in [6, 6.07) is 14.3. The van der Waals surface area contributed by atoms with Gasteiger partial charge in [0.15, 0.2) is 6.61 Å². The Morgan fingerprint density at radius 3 is 2.25 bits per heavy atom. The molecule has 150 valence electrons. The average Bonchev–Trinajstić information content (AvgIpc) is 2.72. The van der Waals surface area contributed by atoms with Crippen LogP contribution in [0.4, 0.5) is 0 Å². The van der Waals surface area contributed by atoms with Crippen molar-refractivity contribution in [2.45, 2.75) is 17.9 Å². The van der Waals surface area contributed by atoms with Crippen molar-refractivity contribution in [3.8, 4) is 0 Å². The second-order valence-corrected chi connectivity index (χ2v) is 7.83. The van der Waals surface area contributed by atoms with Crippen LogP contribution in [0.3, 0.4) is 0 Å². The smallest absolute Gasteiger partial charge is 0.338 e. The zero-order valence-electron chi connectivity index (χ0n) is 15.8. The number of hydrogen-bond acceptors (Lipinski definition) is 6. The molecule has 0 unspecified atom stereocenters. The van der Waals surface area contributed by atoms with Crippen LogP contribution in [0.25, 0.3) is 0 Å². The van der Waals surface area contributed by atoms with Crippen molar-refractivity contribution < 1.29 is 27.6 Å². The van der Waals surface area contributed by atoms with Crippen molar-refractivity contribution >= 4 is 21.9 Å². The first kappa shape index (κ1) is 21.5. The van der Waals surface area contributed by atoms with Crippen molar-refractivity contribution in [3.05, 3.63) is 65.7 Å². The lowest BCUT2D eigenvalue weighted by Crippen LogP contribution is -2.31. The number of rotatable bonds is 8. The Bertz CT molecular complexity index is 913. The van der Waals surface area contributed by atoms with Gasteiger partial charge in [-0.15, -0.1) is 0 Å². The van der Waals surface area contributed by atoms with Crippen molar-refractivity contribution in [1.82, 2.24) is 9.79 Å². The molecule has 8 nitrogen and oxygen atoms in total. The molecule has 0 aliphatic heterocycles. The summed E-state index contributed by atoms with van der Waals surface area (Å²) in [5.74, 6) is -1.17. The maximum atomic E-state index is 12.1. The summed E-state index contributed by atoms with van der Waals surface area (Å²) in [6.45, 7) is 1.38. The van der Waals surface area contributed by atoms with Crippen LogP contribution >= 0.6 is 0 Å². The zero-order valence-corrected chi connectivity index (χ0v) is 16.6. The molecular formula is C19H22N2O6S. The van der Waals surface area contributed by atoms with E-state index < -0.39 is 28.5 Å². The minimum Gasteiger partial charge on any atom is -0.452 e. The molecule has 0 aliphatic rings. The SMILES string of the molecule is CON(C)S(=O)(=O)c1ccc(C(=O)OCC(=O)N[C@H](C)c2ccccc2)cc1. The van der Waals surface area contributed by atoms with E-state index in [4.69, 9.17) is 4.74 Å². The van der Waals surface area contributed by atoms with E-state index in [1.165, 1.54) is 38.4 Å². The molecule has 0 heterocycles. The monoisotopic (exact) mass is 406 g/mol. The highest BCUT2D eigenvalue weighted by Gasteiger charge is 2.21. The molecular weight excluding hydrogens is 384 g/mol. The summed E-state index contributed by atoms with van der Waals surface area (Å²) in [5.41, 5.74) is 1.06. The highest BCUT2D eigenvalue weighted by atomic mass is 32.2. The topological polar surface area (TPSA) is 102 Å². The molecule has 0 aromatic heterocycles. The first-order valence-corrected chi connectivity index (χ1v) is 9.84. The Balaban J connectivity index is 1.92. The van der Waals surface area contributed by atoms with Crippen LogP contribution in [0, 0.1) is 0 Å². The number of ether oxygens (including phenoxy) is 1. The van der Waals surface area contributed by atoms with Gasteiger partial charge in [0, 0.05) is 7.05 Å². The van der Waals surface area contributed by atoms with Crippen LogP contribution in [0.1, 0.15) is 28.9 Å². The second kappa shape index (κ2) is 9.45. The molecule has 2 aromatic rings. The van der Waals surface area contributed by atoms with Crippen LogP contribution in [0.2, 0.25) is 0 Å². The quantitative estimate of drug-likeness (QED) is 0.531. The van der Waals surface area contributed by atoms with Crippen LogP contribution in [-0.4, -0.2) is 45.5 Å². The number of carbonyl (C=O) groups excluding carboxylic acids is 2. The highest BCUT2D eigenvalue weighted by molar-refractivity contribution is 7.89. The Kier molecular flexibility index (Phi) is 7.27. The molecule has 1 amide bonds. The van der Waals surface area contributed by atoms with Gasteiger partial charge in [-0.25, -0.2) is 13.2 Å². The van der Waals surface area contributed by atoms with E-state index in [0.29, 0.717) is 4.47 Å². The third-order valence-electron chi connectivity index (χ3n) is 3.99. The standard InChI is InChI=1S/C19H22N2O6S/c1-14(15-7-5-4-6-8-15)20-18(22)13-27-19(23)16-9-11-17(12-10-16)28(24,25)21(2)26-3/h4-12,14H,13H2,1-3H3,(H,20,22)/t14-/m1/s1. The summed E-state index contributed by atoms with van der Waals surface area (Å²) in [6.07, 6.45) is 0. The third kappa shape index (κ3) is 5.38. The summed E-state index contributed by atoms with van der Waals surface area (Å²) < 4.78 is 29.9. The number of amides is 1. The van der Waals surface area contributed by atoms with Crippen molar-refractivity contribution in [3.63, 3.8) is 0 Å². The molecule has 0 saturated carbocycles. The van der Waals surface area contributed by atoms with E-state index in [-0.39, 0.29) is 16.5 Å². The Hall–Kier alpha value is -2.75. The number of hydroxylamine groups is 1. The number of benzene rings is 2. The van der Waals surface area contributed by atoms with E-state index in [1.54, 1.807) is 0 Å². The lowest BCUT2D eigenvalue weighted by atomic mass is 10.1. The fourth-order valence-electron chi connectivity index (χ4n) is 2.33. The van der Waals surface area contributed by atoms with Gasteiger partial charge in [0.1, 0.15) is 0 Å². The van der Waals surface area contributed by atoms with Gasteiger partial charge < -0.3 is 10.1 Å². The van der Waals surface area contributed by atoms with Gasteiger partial charge in [-0.2, -0.15) is 0 Å². The van der Waals surface area contributed by atoms with Crippen molar-refractivity contribution in [1.29, 1.82) is 0 Å². The van der Waals surface area contributed by atoms with E-state index >= 15 is 0 Å².